The lowest BCUT2D eigenvalue weighted by atomic mass is 9.73. The molecule has 0 spiro atoms. The van der Waals surface area contributed by atoms with Crippen LogP contribution in [0.25, 0.3) is 10.9 Å². The maximum atomic E-state index is 13.2. The second kappa shape index (κ2) is 6.32. The largest absolute Gasteiger partial charge is 0.494 e. The molecular weight excluding hydrogens is 334 g/mol. The molecular formula is C19H23N3O4. The number of H-pyrrole nitrogens is 1. The Hall–Kier alpha value is -2.54. The van der Waals surface area contributed by atoms with Gasteiger partial charge in [-0.2, -0.15) is 0 Å². The van der Waals surface area contributed by atoms with Crippen molar-refractivity contribution in [2.75, 3.05) is 40.5 Å². The van der Waals surface area contributed by atoms with E-state index in [9.17, 15) is 9.59 Å². The molecule has 0 unspecified atom stereocenters. The van der Waals surface area contributed by atoms with Crippen LogP contribution in [0.1, 0.15) is 16.9 Å². The van der Waals surface area contributed by atoms with Gasteiger partial charge in [-0.05, 0) is 18.6 Å². The number of hydrogen-bond donors (Lipinski definition) is 2. The molecule has 2 atom stereocenters. The molecule has 2 saturated heterocycles. The van der Waals surface area contributed by atoms with E-state index in [0.717, 1.165) is 10.9 Å². The summed E-state index contributed by atoms with van der Waals surface area (Å²) in [4.78, 5) is 30.8. The van der Waals surface area contributed by atoms with E-state index in [1.165, 1.54) is 0 Å². The smallest absolute Gasteiger partial charge is 0.274 e. The standard InChI is InChI=1S/C19H23N3O4/c1-20-18(24)19-7-8-26-10-12(19)9-22(11-19)17(23)15-16(25-2)13-5-3-4-6-14(13)21-15/h3-6,12,21H,7-11H2,1-2H3,(H,20,24)/t12-,19+/m1/s1. The molecule has 3 heterocycles. The zero-order chi connectivity index (χ0) is 18.3. The Balaban J connectivity index is 1.68. The molecule has 2 fully saturated rings. The highest BCUT2D eigenvalue weighted by atomic mass is 16.5. The molecule has 4 rings (SSSR count). The number of carbonyl (C=O) groups excluding carboxylic acids is 2. The van der Waals surface area contributed by atoms with Gasteiger partial charge in [0.05, 0.1) is 19.1 Å². The lowest BCUT2D eigenvalue weighted by Crippen LogP contribution is -2.49. The summed E-state index contributed by atoms with van der Waals surface area (Å²) in [6, 6.07) is 7.66. The Labute approximate surface area is 151 Å². The highest BCUT2D eigenvalue weighted by Crippen LogP contribution is 2.43. The average molecular weight is 357 g/mol. The van der Waals surface area contributed by atoms with Crippen molar-refractivity contribution in [1.29, 1.82) is 0 Å². The fourth-order valence-corrected chi connectivity index (χ4v) is 4.36. The van der Waals surface area contributed by atoms with Gasteiger partial charge in [0.15, 0.2) is 5.75 Å². The van der Waals surface area contributed by atoms with Crippen LogP contribution in [0.5, 0.6) is 5.75 Å². The van der Waals surface area contributed by atoms with Gasteiger partial charge in [0.25, 0.3) is 5.91 Å². The number of likely N-dealkylation sites (tertiary alicyclic amines) is 1. The van der Waals surface area contributed by atoms with Gasteiger partial charge in [-0.15, -0.1) is 0 Å². The van der Waals surface area contributed by atoms with Crippen molar-refractivity contribution in [2.45, 2.75) is 6.42 Å². The van der Waals surface area contributed by atoms with Crippen LogP contribution >= 0.6 is 0 Å². The third-order valence-corrected chi connectivity index (χ3v) is 5.75. The van der Waals surface area contributed by atoms with Crippen molar-refractivity contribution in [3.63, 3.8) is 0 Å². The molecule has 0 bridgehead atoms. The number of rotatable bonds is 3. The molecule has 2 aromatic rings. The van der Waals surface area contributed by atoms with Crippen LogP contribution in [0.4, 0.5) is 0 Å². The van der Waals surface area contributed by atoms with E-state index in [4.69, 9.17) is 9.47 Å². The summed E-state index contributed by atoms with van der Waals surface area (Å²) >= 11 is 0. The lowest BCUT2D eigenvalue weighted by Gasteiger charge is -2.36. The molecule has 2 amide bonds. The molecule has 0 radical (unpaired) electrons. The number of hydrogen-bond acceptors (Lipinski definition) is 4. The summed E-state index contributed by atoms with van der Waals surface area (Å²) in [5.41, 5.74) is 0.719. The van der Waals surface area contributed by atoms with E-state index in [1.807, 2.05) is 24.3 Å². The number of nitrogens with one attached hydrogen (secondary N) is 2. The molecule has 2 aliphatic heterocycles. The number of benzene rings is 1. The molecule has 138 valence electrons. The first-order valence-electron chi connectivity index (χ1n) is 8.84. The molecule has 0 saturated carbocycles. The van der Waals surface area contributed by atoms with Crippen LogP contribution in [0.15, 0.2) is 24.3 Å². The zero-order valence-corrected chi connectivity index (χ0v) is 15.0. The Kier molecular flexibility index (Phi) is 4.11. The Morgan fingerprint density at radius 2 is 2.19 bits per heavy atom. The number of nitrogens with zero attached hydrogens (tertiary/aromatic N) is 1. The van der Waals surface area contributed by atoms with Crippen LogP contribution in [0, 0.1) is 11.3 Å². The lowest BCUT2D eigenvalue weighted by molar-refractivity contribution is -0.138. The minimum atomic E-state index is -0.568. The third kappa shape index (κ3) is 2.38. The molecule has 1 aromatic heterocycles. The minimum absolute atomic E-state index is 0.00953. The highest BCUT2D eigenvalue weighted by Gasteiger charge is 2.54. The van der Waals surface area contributed by atoms with E-state index in [1.54, 1.807) is 19.1 Å². The molecule has 7 heteroatoms. The van der Waals surface area contributed by atoms with Gasteiger partial charge >= 0.3 is 0 Å². The van der Waals surface area contributed by atoms with E-state index >= 15 is 0 Å². The number of para-hydroxylation sites is 1. The van der Waals surface area contributed by atoms with Crippen molar-refractivity contribution in [1.82, 2.24) is 15.2 Å². The molecule has 2 N–H and O–H groups in total. The van der Waals surface area contributed by atoms with Crippen molar-refractivity contribution in [3.8, 4) is 5.75 Å². The van der Waals surface area contributed by atoms with Crippen molar-refractivity contribution in [2.24, 2.45) is 11.3 Å². The van der Waals surface area contributed by atoms with Crippen LogP contribution < -0.4 is 10.1 Å². The Morgan fingerprint density at radius 1 is 1.38 bits per heavy atom. The normalized spacial score (nSPS) is 25.2. The van der Waals surface area contributed by atoms with Gasteiger partial charge in [0.1, 0.15) is 5.69 Å². The zero-order valence-electron chi connectivity index (χ0n) is 15.0. The quantitative estimate of drug-likeness (QED) is 0.870. The number of ether oxygens (including phenoxy) is 2. The average Bonchev–Trinajstić information content (AvgIpc) is 3.25. The van der Waals surface area contributed by atoms with E-state index in [2.05, 4.69) is 10.3 Å². The van der Waals surface area contributed by atoms with Gasteiger partial charge in [0.2, 0.25) is 5.91 Å². The molecule has 1 aromatic carbocycles. The molecule has 2 aliphatic rings. The summed E-state index contributed by atoms with van der Waals surface area (Å²) in [5, 5.41) is 3.65. The number of aromatic nitrogens is 1. The fourth-order valence-electron chi connectivity index (χ4n) is 4.36. The van der Waals surface area contributed by atoms with Crippen molar-refractivity contribution < 1.29 is 19.1 Å². The summed E-state index contributed by atoms with van der Waals surface area (Å²) < 4.78 is 11.1. The van der Waals surface area contributed by atoms with Crippen LogP contribution in [0.3, 0.4) is 0 Å². The van der Waals surface area contributed by atoms with E-state index in [0.29, 0.717) is 44.2 Å². The molecule has 0 aliphatic carbocycles. The highest BCUT2D eigenvalue weighted by molar-refractivity contribution is 6.04. The van der Waals surface area contributed by atoms with Gasteiger partial charge in [0, 0.05) is 43.6 Å². The monoisotopic (exact) mass is 357 g/mol. The number of methoxy groups -OCH3 is 1. The SMILES string of the molecule is CNC(=O)[C@]12CCOC[C@H]1CN(C(=O)c1[nH]c3ccccc3c1OC)C2. The van der Waals surface area contributed by atoms with E-state index < -0.39 is 5.41 Å². The van der Waals surface area contributed by atoms with Gasteiger partial charge in [-0.25, -0.2) is 0 Å². The molecule has 7 nitrogen and oxygen atoms in total. The summed E-state index contributed by atoms with van der Waals surface area (Å²) in [7, 11) is 3.21. The summed E-state index contributed by atoms with van der Waals surface area (Å²) in [5.74, 6) is 0.404. The van der Waals surface area contributed by atoms with Crippen molar-refractivity contribution >= 4 is 22.7 Å². The maximum Gasteiger partial charge on any atom is 0.274 e. The third-order valence-electron chi connectivity index (χ3n) is 5.75. The number of fused-ring (bicyclic) bond motifs is 2. The molecule has 26 heavy (non-hydrogen) atoms. The maximum absolute atomic E-state index is 13.2. The van der Waals surface area contributed by atoms with Crippen LogP contribution in [0.2, 0.25) is 0 Å². The van der Waals surface area contributed by atoms with Crippen LogP contribution in [-0.2, 0) is 9.53 Å². The minimum Gasteiger partial charge on any atom is -0.494 e. The van der Waals surface area contributed by atoms with Gasteiger partial charge in [-0.3, -0.25) is 9.59 Å². The second-order valence-corrected chi connectivity index (χ2v) is 7.02. The topological polar surface area (TPSA) is 83.7 Å². The Bertz CT molecular complexity index is 862. The van der Waals surface area contributed by atoms with Crippen molar-refractivity contribution in [3.05, 3.63) is 30.0 Å². The Morgan fingerprint density at radius 3 is 2.96 bits per heavy atom. The first-order valence-corrected chi connectivity index (χ1v) is 8.84. The van der Waals surface area contributed by atoms with E-state index in [-0.39, 0.29) is 17.7 Å². The van der Waals surface area contributed by atoms with Gasteiger partial charge in [-0.1, -0.05) is 12.1 Å². The van der Waals surface area contributed by atoms with Gasteiger partial charge < -0.3 is 24.7 Å². The number of carbonyl (C=O) groups is 2. The first-order chi connectivity index (χ1) is 12.6. The predicted molar refractivity (Wildman–Crippen MR) is 96.2 cm³/mol. The first kappa shape index (κ1) is 16.9. The summed E-state index contributed by atoms with van der Waals surface area (Å²) in [6.07, 6.45) is 0.630. The fraction of sp³-hybridized carbons (Fsp3) is 0.474. The number of amides is 2. The summed E-state index contributed by atoms with van der Waals surface area (Å²) in [6.45, 7) is 1.95. The number of aromatic amines is 1. The second-order valence-electron chi connectivity index (χ2n) is 7.02. The van der Waals surface area contributed by atoms with Crippen LogP contribution in [-0.4, -0.2) is 62.2 Å². The predicted octanol–water partition coefficient (Wildman–Crippen LogP) is 1.40.